The first-order valence-corrected chi connectivity index (χ1v) is 9.07. The van der Waals surface area contributed by atoms with Crippen LogP contribution in [0.1, 0.15) is 18.9 Å². The summed E-state index contributed by atoms with van der Waals surface area (Å²) in [5.41, 5.74) is 2.77. The average Bonchev–Trinajstić information content (AvgIpc) is 2.69. The number of anilines is 1. The van der Waals surface area contributed by atoms with Crippen molar-refractivity contribution in [2.75, 3.05) is 18.4 Å². The predicted molar refractivity (Wildman–Crippen MR) is 107 cm³/mol. The number of hydrogen-bond acceptors (Lipinski definition) is 4. The summed E-state index contributed by atoms with van der Waals surface area (Å²) in [4.78, 5) is 24.9. The molecule has 1 heterocycles. The number of nitro groups is 1. The van der Waals surface area contributed by atoms with Gasteiger partial charge in [0.2, 0.25) is 5.91 Å². The fraction of sp³-hybridized carbons (Fsp3) is 0.250. The van der Waals surface area contributed by atoms with Gasteiger partial charge in [-0.25, -0.2) is 0 Å². The number of amides is 1. The van der Waals surface area contributed by atoms with Crippen LogP contribution in [-0.4, -0.2) is 34.9 Å². The van der Waals surface area contributed by atoms with Crippen molar-refractivity contribution >= 4 is 34.5 Å². The number of nitrogens with zero attached hydrogens (tertiary/aromatic N) is 2. The van der Waals surface area contributed by atoms with Gasteiger partial charge in [-0.3, -0.25) is 19.8 Å². The Morgan fingerprint density at radius 3 is 2.59 bits per heavy atom. The first-order chi connectivity index (χ1) is 13.0. The number of hydrogen-bond donors (Lipinski definition) is 1. The molecule has 0 radical (unpaired) electrons. The summed E-state index contributed by atoms with van der Waals surface area (Å²) in [5.74, 6) is -0.192. The summed E-state index contributed by atoms with van der Waals surface area (Å²) in [6.07, 6.45) is 3.03. The van der Waals surface area contributed by atoms with Gasteiger partial charge < -0.3 is 5.32 Å². The van der Waals surface area contributed by atoms with Crippen LogP contribution in [-0.2, 0) is 4.79 Å². The number of benzene rings is 2. The van der Waals surface area contributed by atoms with Crippen molar-refractivity contribution in [2.45, 2.75) is 19.4 Å². The van der Waals surface area contributed by atoms with E-state index in [4.69, 9.17) is 11.6 Å². The Balaban J connectivity index is 1.63. The van der Waals surface area contributed by atoms with Crippen molar-refractivity contribution in [3.8, 4) is 0 Å². The molecule has 0 saturated heterocycles. The zero-order valence-corrected chi connectivity index (χ0v) is 15.6. The van der Waals surface area contributed by atoms with Crippen LogP contribution in [0.4, 0.5) is 11.4 Å². The van der Waals surface area contributed by atoms with Gasteiger partial charge in [-0.05, 0) is 30.5 Å². The van der Waals surface area contributed by atoms with E-state index in [9.17, 15) is 14.9 Å². The topological polar surface area (TPSA) is 75.5 Å². The zero-order valence-electron chi connectivity index (χ0n) is 14.9. The summed E-state index contributed by atoms with van der Waals surface area (Å²) < 4.78 is 0. The van der Waals surface area contributed by atoms with E-state index in [2.05, 4.69) is 28.4 Å². The minimum absolute atomic E-state index is 0.111. The lowest BCUT2D eigenvalue weighted by Gasteiger charge is -2.31. The molecule has 2 aromatic rings. The van der Waals surface area contributed by atoms with Crippen LogP contribution < -0.4 is 5.32 Å². The molecule has 1 N–H and O–H groups in total. The Morgan fingerprint density at radius 2 is 2.00 bits per heavy atom. The summed E-state index contributed by atoms with van der Waals surface area (Å²) in [5, 5.41) is 13.7. The Bertz CT molecular complexity index is 883. The minimum atomic E-state index is -0.523. The molecule has 27 heavy (non-hydrogen) atoms. The largest absolute Gasteiger partial charge is 0.323 e. The number of nitro benzene ring substituents is 1. The molecule has 1 amide bonds. The first-order valence-electron chi connectivity index (χ1n) is 8.69. The van der Waals surface area contributed by atoms with E-state index in [1.807, 2.05) is 25.1 Å². The smallest absolute Gasteiger partial charge is 0.271 e. The van der Waals surface area contributed by atoms with Crippen LogP contribution in [0.25, 0.3) is 5.57 Å². The normalized spacial score (nSPS) is 15.7. The molecule has 3 rings (SSSR count). The van der Waals surface area contributed by atoms with Crippen molar-refractivity contribution in [3.05, 3.63) is 75.3 Å². The molecule has 1 atom stereocenters. The van der Waals surface area contributed by atoms with Crippen LogP contribution >= 0.6 is 11.6 Å². The lowest BCUT2D eigenvalue weighted by molar-refractivity contribution is -0.384. The van der Waals surface area contributed by atoms with Gasteiger partial charge in [0, 0.05) is 25.2 Å². The maximum absolute atomic E-state index is 12.6. The Kier molecular flexibility index (Phi) is 5.88. The van der Waals surface area contributed by atoms with Crippen molar-refractivity contribution in [3.63, 3.8) is 0 Å². The molecule has 0 spiro atoms. The Hall–Kier alpha value is -2.70. The fourth-order valence-corrected chi connectivity index (χ4v) is 3.30. The van der Waals surface area contributed by atoms with E-state index in [0.717, 1.165) is 13.0 Å². The third kappa shape index (κ3) is 4.53. The maximum Gasteiger partial charge on any atom is 0.271 e. The van der Waals surface area contributed by atoms with E-state index < -0.39 is 4.92 Å². The Morgan fingerprint density at radius 1 is 1.26 bits per heavy atom. The summed E-state index contributed by atoms with van der Waals surface area (Å²) in [7, 11) is 0. The second-order valence-corrected chi connectivity index (χ2v) is 6.83. The molecule has 0 fully saturated rings. The Labute approximate surface area is 162 Å². The average molecular weight is 386 g/mol. The van der Waals surface area contributed by atoms with Gasteiger partial charge >= 0.3 is 0 Å². The van der Waals surface area contributed by atoms with Crippen LogP contribution in [0.5, 0.6) is 0 Å². The first kappa shape index (κ1) is 19.1. The van der Waals surface area contributed by atoms with E-state index in [-0.39, 0.29) is 22.7 Å². The summed E-state index contributed by atoms with van der Waals surface area (Å²) in [6, 6.07) is 13.9. The second kappa shape index (κ2) is 8.33. The van der Waals surface area contributed by atoms with Crippen molar-refractivity contribution in [1.82, 2.24) is 4.90 Å². The number of non-ortho nitro benzene ring substituents is 1. The highest BCUT2D eigenvalue weighted by Gasteiger charge is 2.24. The number of nitrogens with one attached hydrogen (secondary N) is 1. The van der Waals surface area contributed by atoms with Crippen molar-refractivity contribution in [1.29, 1.82) is 0 Å². The number of carbonyl (C=O) groups excluding carboxylic acids is 1. The van der Waals surface area contributed by atoms with Crippen LogP contribution in [0, 0.1) is 10.1 Å². The highest BCUT2D eigenvalue weighted by molar-refractivity contribution is 6.34. The predicted octanol–water partition coefficient (Wildman–Crippen LogP) is 4.36. The summed E-state index contributed by atoms with van der Waals surface area (Å²) in [6.45, 7) is 3.31. The zero-order chi connectivity index (χ0) is 19.4. The molecule has 1 aliphatic rings. The van der Waals surface area contributed by atoms with E-state index in [0.29, 0.717) is 12.2 Å². The minimum Gasteiger partial charge on any atom is -0.323 e. The molecule has 7 heteroatoms. The molecule has 140 valence electrons. The highest BCUT2D eigenvalue weighted by atomic mass is 35.5. The van der Waals surface area contributed by atoms with Gasteiger partial charge in [0.1, 0.15) is 0 Å². The molecule has 0 aliphatic carbocycles. The molecule has 1 aliphatic heterocycles. The molecule has 2 aromatic carbocycles. The van der Waals surface area contributed by atoms with Gasteiger partial charge in [-0.1, -0.05) is 48.0 Å². The lowest BCUT2D eigenvalue weighted by atomic mass is 9.99. The monoisotopic (exact) mass is 385 g/mol. The number of rotatable bonds is 5. The molecule has 0 unspecified atom stereocenters. The van der Waals surface area contributed by atoms with Gasteiger partial charge in [0.15, 0.2) is 0 Å². The van der Waals surface area contributed by atoms with Crippen molar-refractivity contribution < 1.29 is 9.72 Å². The lowest BCUT2D eigenvalue weighted by Crippen LogP contribution is -2.44. The summed E-state index contributed by atoms with van der Waals surface area (Å²) >= 11 is 6.05. The van der Waals surface area contributed by atoms with E-state index in [1.54, 1.807) is 0 Å². The van der Waals surface area contributed by atoms with Gasteiger partial charge in [-0.2, -0.15) is 0 Å². The van der Waals surface area contributed by atoms with E-state index in [1.165, 1.54) is 29.3 Å². The molecular weight excluding hydrogens is 366 g/mol. The molecular formula is C20H20ClN3O3. The van der Waals surface area contributed by atoms with Crippen molar-refractivity contribution in [2.24, 2.45) is 0 Å². The molecule has 6 nitrogen and oxygen atoms in total. The highest BCUT2D eigenvalue weighted by Crippen LogP contribution is 2.27. The van der Waals surface area contributed by atoms with Crippen LogP contribution in [0.2, 0.25) is 5.02 Å². The van der Waals surface area contributed by atoms with Crippen LogP contribution in [0.15, 0.2) is 54.6 Å². The fourth-order valence-electron chi connectivity index (χ4n) is 3.07. The third-order valence-corrected chi connectivity index (χ3v) is 5.05. The standard InChI is InChI=1S/C20H20ClN3O3/c1-14(20(25)22-19-8-7-17(24(26)27)13-18(19)21)23-11-9-16(10-12-23)15-5-3-2-4-6-15/h2-9,13-14H,10-12H2,1H3,(H,22,25)/t14-/m0/s1. The second-order valence-electron chi connectivity index (χ2n) is 6.43. The van der Waals surface area contributed by atoms with Crippen LogP contribution in [0.3, 0.4) is 0 Å². The van der Waals surface area contributed by atoms with Gasteiger partial charge in [0.05, 0.1) is 21.7 Å². The maximum atomic E-state index is 12.6. The molecule has 0 bridgehead atoms. The number of carbonyl (C=O) groups is 1. The molecule has 0 saturated carbocycles. The van der Waals surface area contributed by atoms with E-state index >= 15 is 0 Å². The SMILES string of the molecule is C[C@@H](C(=O)Nc1ccc([N+](=O)[O-])cc1Cl)N1CC=C(c2ccccc2)CC1. The van der Waals surface area contributed by atoms with Gasteiger partial charge in [0.25, 0.3) is 5.69 Å². The molecule has 0 aromatic heterocycles. The van der Waals surface area contributed by atoms with Gasteiger partial charge in [-0.15, -0.1) is 0 Å². The third-order valence-electron chi connectivity index (χ3n) is 4.73. The number of halogens is 1. The quantitative estimate of drug-likeness (QED) is 0.612.